The molecule has 1 atom stereocenters. The highest BCUT2D eigenvalue weighted by molar-refractivity contribution is 5.90. The Morgan fingerprint density at radius 1 is 1.46 bits per heavy atom. The number of rotatable bonds is 5. The van der Waals surface area contributed by atoms with E-state index in [1.807, 2.05) is 12.1 Å². The van der Waals surface area contributed by atoms with E-state index in [4.69, 9.17) is 10.3 Å². The lowest BCUT2D eigenvalue weighted by Crippen LogP contribution is -2.24. The van der Waals surface area contributed by atoms with Crippen LogP contribution in [0.3, 0.4) is 0 Å². The Labute approximate surface area is 137 Å². The largest absolute Gasteiger partial charge is 0.444 e. The van der Waals surface area contributed by atoms with E-state index < -0.39 is 12.2 Å². The third-order valence-corrected chi connectivity index (χ3v) is 3.73. The highest BCUT2D eigenvalue weighted by Crippen LogP contribution is 2.26. The normalized spacial score (nSPS) is 16.6. The van der Waals surface area contributed by atoms with E-state index in [1.165, 1.54) is 9.58 Å². The number of hydrogen-bond acceptors (Lipinski definition) is 5. The first-order valence-electron chi connectivity index (χ1n) is 7.21. The van der Waals surface area contributed by atoms with Gasteiger partial charge in [0.2, 0.25) is 0 Å². The number of carbonyl (C=O) groups is 2. The van der Waals surface area contributed by atoms with Crippen molar-refractivity contribution >= 4 is 18.1 Å². The average molecular weight is 326 g/mol. The highest BCUT2D eigenvalue weighted by atomic mass is 16.6. The van der Waals surface area contributed by atoms with E-state index in [-0.39, 0.29) is 6.54 Å². The molecule has 2 heterocycles. The zero-order valence-corrected chi connectivity index (χ0v) is 12.9. The minimum atomic E-state index is -0.470. The number of amides is 1. The number of anilines is 1. The Kier molecular flexibility index (Phi) is 4.17. The Bertz CT molecular complexity index is 822. The predicted octanol–water partition coefficient (Wildman–Crippen LogP) is 2.54. The molecule has 24 heavy (non-hydrogen) atoms. The van der Waals surface area contributed by atoms with E-state index in [9.17, 15) is 9.59 Å². The fourth-order valence-corrected chi connectivity index (χ4v) is 2.50. The van der Waals surface area contributed by atoms with Gasteiger partial charge in [-0.3, -0.25) is 14.4 Å². The summed E-state index contributed by atoms with van der Waals surface area (Å²) in [5, 5.41) is 7.70. The third kappa shape index (κ3) is 2.92. The molecule has 0 saturated carbocycles. The number of benzene rings is 1. The monoisotopic (exact) mass is 326 g/mol. The van der Waals surface area contributed by atoms with Gasteiger partial charge in [0, 0.05) is 23.2 Å². The standard InChI is InChI=1S/C15H14N6O3/c1-20-12(9-22)6-14(18-20)10-2-4-11(5-3-10)21-8-13(7-17-19-16)24-15(21)23/h2-6,9,13H,7-8H2,1H3/t13-/m0/s1. The van der Waals surface area contributed by atoms with Crippen LogP contribution in [0.4, 0.5) is 10.5 Å². The van der Waals surface area contributed by atoms with Gasteiger partial charge in [-0.2, -0.15) is 5.10 Å². The number of ether oxygens (including phenoxy) is 1. The first-order valence-corrected chi connectivity index (χ1v) is 7.21. The number of aryl methyl sites for hydroxylation is 1. The van der Waals surface area contributed by atoms with Crippen molar-refractivity contribution in [1.82, 2.24) is 9.78 Å². The van der Waals surface area contributed by atoms with Crippen LogP contribution in [0.2, 0.25) is 0 Å². The SMILES string of the molecule is Cn1nc(-c2ccc(N3C[C@H](CN=[N+]=[N-])OC3=O)cc2)cc1C=O. The molecule has 0 aliphatic carbocycles. The summed E-state index contributed by atoms with van der Waals surface area (Å²) in [5.74, 6) is 0. The Morgan fingerprint density at radius 2 is 2.21 bits per heavy atom. The molecule has 1 saturated heterocycles. The lowest BCUT2D eigenvalue weighted by Gasteiger charge is -2.13. The number of cyclic esters (lactones) is 1. The maximum absolute atomic E-state index is 11.9. The second kappa shape index (κ2) is 6.43. The van der Waals surface area contributed by atoms with Crippen molar-refractivity contribution in [3.63, 3.8) is 0 Å². The molecule has 1 aliphatic heterocycles. The summed E-state index contributed by atoms with van der Waals surface area (Å²) in [5.41, 5.74) is 11.0. The lowest BCUT2D eigenvalue weighted by molar-refractivity contribution is 0.111. The van der Waals surface area contributed by atoms with Gasteiger partial charge in [-0.1, -0.05) is 17.2 Å². The van der Waals surface area contributed by atoms with E-state index >= 15 is 0 Å². The van der Waals surface area contributed by atoms with E-state index in [0.29, 0.717) is 23.6 Å². The molecule has 1 fully saturated rings. The molecule has 0 radical (unpaired) electrons. The van der Waals surface area contributed by atoms with Crippen molar-refractivity contribution in [1.29, 1.82) is 0 Å². The van der Waals surface area contributed by atoms with Gasteiger partial charge in [0.15, 0.2) is 6.29 Å². The number of azide groups is 1. The number of nitrogens with zero attached hydrogens (tertiary/aromatic N) is 6. The minimum absolute atomic E-state index is 0.110. The van der Waals surface area contributed by atoms with Crippen LogP contribution in [0.25, 0.3) is 21.7 Å². The van der Waals surface area contributed by atoms with Gasteiger partial charge in [-0.25, -0.2) is 4.79 Å². The summed E-state index contributed by atoms with van der Waals surface area (Å²) in [4.78, 5) is 26.9. The summed E-state index contributed by atoms with van der Waals surface area (Å²) < 4.78 is 6.65. The Balaban J connectivity index is 1.78. The zero-order chi connectivity index (χ0) is 17.1. The highest BCUT2D eigenvalue weighted by Gasteiger charge is 2.31. The van der Waals surface area contributed by atoms with Crippen molar-refractivity contribution in [2.45, 2.75) is 6.10 Å². The van der Waals surface area contributed by atoms with Crippen LogP contribution in [-0.2, 0) is 11.8 Å². The molecule has 1 aromatic heterocycles. The molecule has 1 aromatic carbocycles. The van der Waals surface area contributed by atoms with Crippen LogP contribution in [0.5, 0.6) is 0 Å². The molecule has 9 heteroatoms. The van der Waals surface area contributed by atoms with Crippen molar-refractivity contribution in [2.75, 3.05) is 18.0 Å². The van der Waals surface area contributed by atoms with E-state index in [2.05, 4.69) is 15.1 Å². The summed E-state index contributed by atoms with van der Waals surface area (Å²) in [6.07, 6.45) is -0.171. The topological polar surface area (TPSA) is 113 Å². The van der Waals surface area contributed by atoms with Crippen LogP contribution in [-0.4, -0.2) is 41.4 Å². The molecule has 3 rings (SSSR count). The second-order valence-electron chi connectivity index (χ2n) is 5.27. The molecular weight excluding hydrogens is 312 g/mol. The average Bonchev–Trinajstić information content (AvgIpc) is 3.15. The van der Waals surface area contributed by atoms with Crippen molar-refractivity contribution in [2.24, 2.45) is 12.2 Å². The first-order chi connectivity index (χ1) is 11.6. The van der Waals surface area contributed by atoms with Crippen LogP contribution >= 0.6 is 0 Å². The molecule has 9 nitrogen and oxygen atoms in total. The molecule has 2 aromatic rings. The second-order valence-corrected chi connectivity index (χ2v) is 5.27. The van der Waals surface area contributed by atoms with Crippen LogP contribution in [0.15, 0.2) is 35.4 Å². The fourth-order valence-electron chi connectivity index (χ4n) is 2.50. The quantitative estimate of drug-likeness (QED) is 0.363. The van der Waals surface area contributed by atoms with E-state index in [0.717, 1.165) is 11.8 Å². The number of aromatic nitrogens is 2. The molecule has 1 aliphatic rings. The van der Waals surface area contributed by atoms with Crippen molar-refractivity contribution in [3.8, 4) is 11.3 Å². The van der Waals surface area contributed by atoms with Gasteiger partial charge in [-0.05, 0) is 23.7 Å². The van der Waals surface area contributed by atoms with Crippen LogP contribution in [0, 0.1) is 0 Å². The Morgan fingerprint density at radius 3 is 2.83 bits per heavy atom. The zero-order valence-electron chi connectivity index (χ0n) is 12.9. The first kappa shape index (κ1) is 15.6. The number of carbonyl (C=O) groups excluding carboxylic acids is 2. The van der Waals surface area contributed by atoms with Gasteiger partial charge in [0.25, 0.3) is 0 Å². The maximum Gasteiger partial charge on any atom is 0.414 e. The minimum Gasteiger partial charge on any atom is -0.444 e. The van der Waals surface area contributed by atoms with E-state index in [1.54, 1.807) is 25.2 Å². The smallest absolute Gasteiger partial charge is 0.414 e. The van der Waals surface area contributed by atoms with Crippen LogP contribution < -0.4 is 4.90 Å². The summed E-state index contributed by atoms with van der Waals surface area (Å²) in [6, 6.07) is 8.90. The van der Waals surface area contributed by atoms with Gasteiger partial charge in [0.05, 0.1) is 18.8 Å². The van der Waals surface area contributed by atoms with Gasteiger partial charge in [0.1, 0.15) is 11.8 Å². The van der Waals surface area contributed by atoms with Gasteiger partial charge >= 0.3 is 6.09 Å². The molecule has 1 amide bonds. The summed E-state index contributed by atoms with van der Waals surface area (Å²) in [7, 11) is 1.70. The van der Waals surface area contributed by atoms with Crippen molar-refractivity contribution < 1.29 is 14.3 Å². The van der Waals surface area contributed by atoms with Gasteiger partial charge in [-0.15, -0.1) is 0 Å². The van der Waals surface area contributed by atoms with Gasteiger partial charge < -0.3 is 4.74 Å². The summed E-state index contributed by atoms with van der Waals surface area (Å²) in [6.45, 7) is 0.440. The summed E-state index contributed by atoms with van der Waals surface area (Å²) >= 11 is 0. The molecule has 0 N–H and O–H groups in total. The molecule has 0 bridgehead atoms. The molecular formula is C15H14N6O3. The fraction of sp³-hybridized carbons (Fsp3) is 0.267. The molecule has 0 unspecified atom stereocenters. The number of aldehydes is 1. The van der Waals surface area contributed by atoms with Crippen molar-refractivity contribution in [3.05, 3.63) is 46.5 Å². The Hall–Kier alpha value is -3.32. The third-order valence-electron chi connectivity index (χ3n) is 3.73. The predicted molar refractivity (Wildman–Crippen MR) is 85.7 cm³/mol. The number of hydrogen-bond donors (Lipinski definition) is 0. The maximum atomic E-state index is 11.9. The molecule has 122 valence electrons. The lowest BCUT2D eigenvalue weighted by atomic mass is 10.1. The van der Waals surface area contributed by atoms with Crippen LogP contribution in [0.1, 0.15) is 10.5 Å². The molecule has 0 spiro atoms.